The van der Waals surface area contributed by atoms with Gasteiger partial charge in [0.1, 0.15) is 0 Å². The molecule has 72 valence electrons. The van der Waals surface area contributed by atoms with Crippen LogP contribution in [0.3, 0.4) is 0 Å². The van der Waals surface area contributed by atoms with Gasteiger partial charge in [0.2, 0.25) is 0 Å². The molecule has 1 aromatic rings. The molecule has 0 radical (unpaired) electrons. The molecule has 5 heteroatoms. The second-order valence-corrected chi connectivity index (χ2v) is 5.25. The number of fused-ring (bicyclic) bond motifs is 1. The summed E-state index contributed by atoms with van der Waals surface area (Å²) in [6.07, 6.45) is 0. The van der Waals surface area contributed by atoms with E-state index in [4.69, 9.17) is 11.0 Å². The van der Waals surface area contributed by atoms with Crippen LogP contribution in [-0.2, 0) is 9.84 Å². The van der Waals surface area contributed by atoms with Crippen LogP contribution < -0.4 is 5.73 Å². The molecule has 2 rings (SSSR count). The van der Waals surface area contributed by atoms with Crippen LogP contribution in [0.5, 0.6) is 0 Å². The highest BCUT2D eigenvalue weighted by Crippen LogP contribution is 2.32. The normalized spacial score (nSPS) is 22.7. The lowest BCUT2D eigenvalue weighted by Crippen LogP contribution is -2.11. The summed E-state index contributed by atoms with van der Waals surface area (Å²) in [7, 11) is -3.26. The van der Waals surface area contributed by atoms with Gasteiger partial charge in [0.25, 0.3) is 0 Å². The van der Waals surface area contributed by atoms with Gasteiger partial charge in [-0.25, -0.2) is 8.42 Å². The minimum absolute atomic E-state index is 0.0583. The number of nitrogens with zero attached hydrogens (tertiary/aromatic N) is 1. The lowest BCUT2D eigenvalue weighted by Gasteiger charge is -2.00. The lowest BCUT2D eigenvalue weighted by atomic mass is 10.1. The van der Waals surface area contributed by atoms with Gasteiger partial charge in [-0.1, -0.05) is 6.07 Å². The zero-order valence-electron chi connectivity index (χ0n) is 7.27. The summed E-state index contributed by atoms with van der Waals surface area (Å²) in [5.74, 6) is -0.0583. The SMILES string of the molecule is N#Cc1ccc2c(c1)S(=O)(=O)C[C@@H]2N. The molecule has 1 aliphatic heterocycles. The van der Waals surface area contributed by atoms with Gasteiger partial charge in [-0.15, -0.1) is 0 Å². The van der Waals surface area contributed by atoms with E-state index in [9.17, 15) is 8.42 Å². The van der Waals surface area contributed by atoms with Crippen LogP contribution in [0.1, 0.15) is 17.2 Å². The minimum atomic E-state index is -3.26. The molecule has 4 nitrogen and oxygen atoms in total. The summed E-state index contributed by atoms with van der Waals surface area (Å²) in [5.41, 5.74) is 6.61. The number of rotatable bonds is 0. The lowest BCUT2D eigenvalue weighted by molar-refractivity contribution is 0.598. The molecule has 0 unspecified atom stereocenters. The molecule has 0 saturated carbocycles. The van der Waals surface area contributed by atoms with Crippen LogP contribution in [0.4, 0.5) is 0 Å². The summed E-state index contributed by atoms with van der Waals surface area (Å²) < 4.78 is 23.1. The molecule has 0 saturated heterocycles. The van der Waals surface area contributed by atoms with Crippen LogP contribution in [0, 0.1) is 11.3 Å². The van der Waals surface area contributed by atoms with Crippen molar-refractivity contribution in [2.75, 3.05) is 5.75 Å². The highest BCUT2D eigenvalue weighted by atomic mass is 32.2. The molecule has 2 N–H and O–H groups in total. The van der Waals surface area contributed by atoms with E-state index < -0.39 is 15.9 Å². The van der Waals surface area contributed by atoms with Crippen LogP contribution in [0.25, 0.3) is 0 Å². The Morgan fingerprint density at radius 1 is 1.50 bits per heavy atom. The maximum Gasteiger partial charge on any atom is 0.180 e. The minimum Gasteiger partial charge on any atom is -0.323 e. The topological polar surface area (TPSA) is 84.0 Å². The van der Waals surface area contributed by atoms with Crippen LogP contribution >= 0.6 is 0 Å². The van der Waals surface area contributed by atoms with E-state index in [1.165, 1.54) is 6.07 Å². The van der Waals surface area contributed by atoms with Gasteiger partial charge in [-0.2, -0.15) is 5.26 Å². The van der Waals surface area contributed by atoms with E-state index in [0.717, 1.165) is 0 Å². The number of nitrogens with two attached hydrogens (primary N) is 1. The first kappa shape index (κ1) is 9.19. The molecule has 1 aromatic carbocycles. The Kier molecular flexibility index (Phi) is 1.84. The molecule has 0 aliphatic carbocycles. The third-order valence-corrected chi connectivity index (χ3v) is 4.10. The quantitative estimate of drug-likeness (QED) is 0.666. The van der Waals surface area contributed by atoms with Crippen molar-refractivity contribution in [2.45, 2.75) is 10.9 Å². The summed E-state index contributed by atoms with van der Waals surface area (Å²) >= 11 is 0. The van der Waals surface area contributed by atoms with Gasteiger partial charge < -0.3 is 5.73 Å². The fourth-order valence-corrected chi connectivity index (χ4v) is 3.31. The first-order chi connectivity index (χ1) is 6.54. The second kappa shape index (κ2) is 2.80. The standard InChI is InChI=1S/C9H8N2O2S/c10-4-6-1-2-7-8(11)5-14(12,13)9(7)3-6/h1-3,8H,5,11H2/t8-/m0/s1. The van der Waals surface area contributed by atoms with E-state index in [0.29, 0.717) is 11.1 Å². The summed E-state index contributed by atoms with van der Waals surface area (Å²) in [5, 5.41) is 8.63. The van der Waals surface area contributed by atoms with Crippen molar-refractivity contribution in [1.29, 1.82) is 5.26 Å². The van der Waals surface area contributed by atoms with Gasteiger partial charge in [0.15, 0.2) is 9.84 Å². The first-order valence-electron chi connectivity index (χ1n) is 4.07. The zero-order chi connectivity index (χ0) is 10.3. The monoisotopic (exact) mass is 208 g/mol. The molecule has 0 bridgehead atoms. The Labute approximate surface area is 81.9 Å². The predicted molar refractivity (Wildman–Crippen MR) is 50.1 cm³/mol. The number of nitriles is 1. The smallest absolute Gasteiger partial charge is 0.180 e. The fourth-order valence-electron chi connectivity index (χ4n) is 1.60. The van der Waals surface area contributed by atoms with E-state index in [1.807, 2.05) is 6.07 Å². The van der Waals surface area contributed by atoms with Crippen molar-refractivity contribution in [2.24, 2.45) is 5.73 Å². The zero-order valence-corrected chi connectivity index (χ0v) is 8.08. The molecule has 1 heterocycles. The van der Waals surface area contributed by atoms with Crippen LogP contribution in [0.2, 0.25) is 0 Å². The molecule has 0 spiro atoms. The van der Waals surface area contributed by atoms with Gasteiger partial charge >= 0.3 is 0 Å². The Bertz CT molecular complexity index is 528. The highest BCUT2D eigenvalue weighted by Gasteiger charge is 2.32. The van der Waals surface area contributed by atoms with E-state index >= 15 is 0 Å². The Morgan fingerprint density at radius 2 is 2.21 bits per heavy atom. The molecule has 14 heavy (non-hydrogen) atoms. The molecule has 0 aromatic heterocycles. The fraction of sp³-hybridized carbons (Fsp3) is 0.222. The maximum absolute atomic E-state index is 11.5. The van der Waals surface area contributed by atoms with Crippen molar-refractivity contribution >= 4 is 9.84 Å². The van der Waals surface area contributed by atoms with Gasteiger partial charge in [0.05, 0.1) is 22.3 Å². The number of benzene rings is 1. The summed E-state index contributed by atoms with van der Waals surface area (Å²) in [6, 6.07) is 6.03. The van der Waals surface area contributed by atoms with E-state index in [2.05, 4.69) is 0 Å². The summed E-state index contributed by atoms with van der Waals surface area (Å²) in [6.45, 7) is 0. The molecule has 0 amide bonds. The van der Waals surface area contributed by atoms with Crippen molar-refractivity contribution in [3.63, 3.8) is 0 Å². The van der Waals surface area contributed by atoms with Crippen molar-refractivity contribution in [3.05, 3.63) is 29.3 Å². The second-order valence-electron chi connectivity index (χ2n) is 3.25. The molecule has 0 fully saturated rings. The molecular formula is C9H8N2O2S. The average Bonchev–Trinajstić information content (AvgIpc) is 2.37. The Morgan fingerprint density at radius 3 is 2.86 bits per heavy atom. The van der Waals surface area contributed by atoms with Gasteiger partial charge in [0, 0.05) is 6.04 Å². The van der Waals surface area contributed by atoms with Crippen LogP contribution in [0.15, 0.2) is 23.1 Å². The largest absolute Gasteiger partial charge is 0.323 e. The van der Waals surface area contributed by atoms with E-state index in [1.54, 1.807) is 12.1 Å². The van der Waals surface area contributed by atoms with Gasteiger partial charge in [-0.3, -0.25) is 0 Å². The van der Waals surface area contributed by atoms with Crippen molar-refractivity contribution < 1.29 is 8.42 Å². The number of hydrogen-bond acceptors (Lipinski definition) is 4. The van der Waals surface area contributed by atoms with Crippen LogP contribution in [-0.4, -0.2) is 14.2 Å². The molecule has 1 atom stereocenters. The number of hydrogen-bond donors (Lipinski definition) is 1. The van der Waals surface area contributed by atoms with Gasteiger partial charge in [-0.05, 0) is 17.7 Å². The van der Waals surface area contributed by atoms with E-state index in [-0.39, 0.29) is 10.6 Å². The molecule has 1 aliphatic rings. The Balaban J connectivity index is 2.73. The maximum atomic E-state index is 11.5. The number of sulfone groups is 1. The third-order valence-electron chi connectivity index (χ3n) is 2.28. The predicted octanol–water partition coefficient (Wildman–Crippen LogP) is 0.345. The average molecular weight is 208 g/mol. The van der Waals surface area contributed by atoms with Crippen molar-refractivity contribution in [3.8, 4) is 6.07 Å². The first-order valence-corrected chi connectivity index (χ1v) is 5.72. The third kappa shape index (κ3) is 1.20. The summed E-state index contributed by atoms with van der Waals surface area (Å²) in [4.78, 5) is 0.212. The Hall–Kier alpha value is -1.38. The van der Waals surface area contributed by atoms with Crippen molar-refractivity contribution in [1.82, 2.24) is 0 Å². The highest BCUT2D eigenvalue weighted by molar-refractivity contribution is 7.91. The molecular weight excluding hydrogens is 200 g/mol.